The number of esters is 1. The number of carbonyl (C=O) groups excluding carboxylic acids is 3. The van der Waals surface area contributed by atoms with Crippen LogP contribution in [0.25, 0.3) is 0 Å². The molecule has 2 amide bonds. The molecule has 2 heterocycles. The highest BCUT2D eigenvalue weighted by atomic mass is 19.1. The van der Waals surface area contributed by atoms with Gasteiger partial charge in [-0.25, -0.2) is 23.2 Å². The third-order valence-electron chi connectivity index (χ3n) is 9.81. The average Bonchev–Trinajstić information content (AvgIpc) is 3.86. The molecule has 0 bridgehead atoms. The van der Waals surface area contributed by atoms with Crippen LogP contribution in [-0.2, 0) is 27.4 Å². The van der Waals surface area contributed by atoms with Crippen molar-refractivity contribution in [2.45, 2.75) is 50.6 Å². The minimum atomic E-state index is -1.20. The van der Waals surface area contributed by atoms with E-state index in [1.54, 1.807) is 40.1 Å². The maximum absolute atomic E-state index is 14.5. The molecule has 3 aromatic rings. The Hall–Kier alpha value is -4.51. The number of carbonyl (C=O) groups is 3. The zero-order valence-electron chi connectivity index (χ0n) is 26.5. The van der Waals surface area contributed by atoms with Gasteiger partial charge in [-0.15, -0.1) is 0 Å². The van der Waals surface area contributed by atoms with E-state index in [4.69, 9.17) is 14.2 Å². The lowest BCUT2D eigenvalue weighted by atomic mass is 9.99. The van der Waals surface area contributed by atoms with Gasteiger partial charge in [0.1, 0.15) is 31.7 Å². The van der Waals surface area contributed by atoms with Crippen LogP contribution < -0.4 is 0 Å². The van der Waals surface area contributed by atoms with E-state index in [0.717, 1.165) is 11.1 Å². The second kappa shape index (κ2) is 15.1. The van der Waals surface area contributed by atoms with Crippen molar-refractivity contribution in [1.82, 2.24) is 9.80 Å². The molecule has 4 aliphatic rings. The number of ether oxygens (including phenoxy) is 3. The van der Waals surface area contributed by atoms with Crippen LogP contribution >= 0.6 is 0 Å². The number of nitrogens with zero attached hydrogens (tertiary/aromatic N) is 2. The molecule has 48 heavy (non-hydrogen) atoms. The van der Waals surface area contributed by atoms with Crippen molar-refractivity contribution in [3.63, 3.8) is 0 Å². The number of halogens is 2. The summed E-state index contributed by atoms with van der Waals surface area (Å²) < 4.78 is 43.9. The summed E-state index contributed by atoms with van der Waals surface area (Å²) in [5, 5.41) is 9.72. The van der Waals surface area contributed by atoms with Crippen molar-refractivity contribution in [1.29, 1.82) is 0 Å². The molecule has 4 fully saturated rings. The molecule has 0 radical (unpaired) electrons. The monoisotopic (exact) mass is 662 g/mol. The Bertz CT molecular complexity index is 1530. The molecule has 1 N–H and O–H groups in total. The van der Waals surface area contributed by atoms with Gasteiger partial charge in [-0.3, -0.25) is 0 Å². The van der Waals surface area contributed by atoms with Crippen LogP contribution in [-0.4, -0.2) is 83.8 Å². The number of aliphatic hydroxyl groups excluding tert-OH is 1. The van der Waals surface area contributed by atoms with Gasteiger partial charge in [0.2, 0.25) is 0 Å². The molecule has 3 aromatic carbocycles. The number of likely N-dealkylation sites (tertiary alicyclic amines) is 2. The molecule has 2 saturated carbocycles. The summed E-state index contributed by atoms with van der Waals surface area (Å²) in [5.41, 5.74) is 2.24. The van der Waals surface area contributed by atoms with E-state index in [1.807, 2.05) is 60.7 Å². The van der Waals surface area contributed by atoms with Gasteiger partial charge in [-0.05, 0) is 47.9 Å². The first kappa shape index (κ1) is 33.4. The van der Waals surface area contributed by atoms with E-state index in [9.17, 15) is 28.3 Å². The van der Waals surface area contributed by atoms with Crippen LogP contribution in [0.5, 0.6) is 0 Å². The molecule has 7 rings (SSSR count). The molecule has 11 heteroatoms. The number of fused-ring (bicyclic) bond motifs is 2. The standard InChI is InChI=1S/C22H22FNO4.C15H18FNO3/c23-19-11-17-12-24(22(26)27-14-15-7-3-1-4-8-15)13-18(17)20(19)28-21(25)16-9-5-2-6-10-16;16-13-6-11-7-17(8-12(11)14(13)18)15(19)20-9-10-4-2-1-3-5-10/h1-10,17-20H,11-14H2;1-5,11-14,18H,6-9H2/t17-,18+,19-,20-;11-,12+,13-,14-/m00/s1. The molecule has 254 valence electrons. The zero-order valence-corrected chi connectivity index (χ0v) is 26.5. The lowest BCUT2D eigenvalue weighted by molar-refractivity contribution is -0.000534. The third-order valence-corrected chi connectivity index (χ3v) is 9.81. The van der Waals surface area contributed by atoms with Gasteiger partial charge < -0.3 is 29.1 Å². The highest BCUT2D eigenvalue weighted by molar-refractivity contribution is 5.89. The number of benzene rings is 3. The van der Waals surface area contributed by atoms with E-state index < -0.39 is 36.6 Å². The molecule has 0 spiro atoms. The Labute approximate surface area is 278 Å². The molecular formula is C37H40F2N2O7. The molecule has 0 unspecified atom stereocenters. The van der Waals surface area contributed by atoms with Gasteiger partial charge in [0.05, 0.1) is 11.7 Å². The first-order valence-electron chi connectivity index (χ1n) is 16.4. The second-order valence-corrected chi connectivity index (χ2v) is 13.0. The smallest absolute Gasteiger partial charge is 0.410 e. The van der Waals surface area contributed by atoms with Crippen LogP contribution in [0.1, 0.15) is 34.3 Å². The lowest BCUT2D eigenvalue weighted by Gasteiger charge is -2.22. The first-order valence-corrected chi connectivity index (χ1v) is 16.4. The Morgan fingerprint density at radius 1 is 0.646 bits per heavy atom. The highest BCUT2D eigenvalue weighted by Gasteiger charge is 2.52. The van der Waals surface area contributed by atoms with Crippen molar-refractivity contribution in [2.75, 3.05) is 26.2 Å². The topological polar surface area (TPSA) is 106 Å². The zero-order chi connectivity index (χ0) is 33.6. The van der Waals surface area contributed by atoms with Gasteiger partial charge in [-0.2, -0.15) is 0 Å². The Balaban J connectivity index is 0.000000177. The number of hydrogen-bond acceptors (Lipinski definition) is 7. The highest BCUT2D eigenvalue weighted by Crippen LogP contribution is 2.42. The summed E-state index contributed by atoms with van der Waals surface area (Å²) in [6.45, 7) is 2.07. The summed E-state index contributed by atoms with van der Waals surface area (Å²) in [4.78, 5) is 39.8. The van der Waals surface area contributed by atoms with E-state index in [1.165, 1.54) is 0 Å². The van der Waals surface area contributed by atoms with Crippen molar-refractivity contribution in [3.8, 4) is 0 Å². The maximum atomic E-state index is 14.5. The van der Waals surface area contributed by atoms with Gasteiger partial charge in [-0.1, -0.05) is 78.9 Å². The molecule has 2 aliphatic heterocycles. The average molecular weight is 663 g/mol. The predicted octanol–water partition coefficient (Wildman–Crippen LogP) is 5.81. The van der Waals surface area contributed by atoms with Crippen LogP contribution in [0.15, 0.2) is 91.0 Å². The SMILES string of the molecule is O=C(OCc1ccccc1)N1C[C@@H]2C[C@H](F)[C@@H](O)[C@@H]2C1.O=C(O[C@H]1[C@@H]2CN(C(=O)OCc3ccccc3)C[C@@H]2C[C@@H]1F)c1ccccc1. The van der Waals surface area contributed by atoms with Crippen LogP contribution in [0.4, 0.5) is 18.4 Å². The molecule has 2 aliphatic carbocycles. The van der Waals surface area contributed by atoms with Gasteiger partial charge >= 0.3 is 18.2 Å². The third kappa shape index (κ3) is 7.78. The van der Waals surface area contributed by atoms with Crippen molar-refractivity contribution < 1.29 is 42.5 Å². The number of amides is 2. The number of hydrogen-bond donors (Lipinski definition) is 1. The molecule has 0 aromatic heterocycles. The normalized spacial score (nSPS) is 28.6. The van der Waals surface area contributed by atoms with Gasteiger partial charge in [0.15, 0.2) is 0 Å². The quantitative estimate of drug-likeness (QED) is 0.262. The Kier molecular flexibility index (Phi) is 10.5. The fourth-order valence-electron chi connectivity index (χ4n) is 7.29. The summed E-state index contributed by atoms with van der Waals surface area (Å²) in [6.07, 6.45) is -4.28. The molecule has 9 nitrogen and oxygen atoms in total. The molecule has 8 atom stereocenters. The Morgan fingerprint density at radius 3 is 1.62 bits per heavy atom. The number of rotatable bonds is 6. The van der Waals surface area contributed by atoms with Gasteiger partial charge in [0.25, 0.3) is 0 Å². The summed E-state index contributed by atoms with van der Waals surface area (Å²) in [5.74, 6) is -0.836. The lowest BCUT2D eigenvalue weighted by Crippen LogP contribution is -2.35. The fraction of sp³-hybridized carbons (Fsp3) is 0.432. The minimum absolute atomic E-state index is 0.0205. The van der Waals surface area contributed by atoms with E-state index >= 15 is 0 Å². The van der Waals surface area contributed by atoms with E-state index in [2.05, 4.69) is 0 Å². The molecular weight excluding hydrogens is 622 g/mol. The van der Waals surface area contributed by atoms with Crippen molar-refractivity contribution in [3.05, 3.63) is 108 Å². The predicted molar refractivity (Wildman–Crippen MR) is 171 cm³/mol. The number of alkyl halides is 2. The maximum Gasteiger partial charge on any atom is 0.410 e. The van der Waals surface area contributed by atoms with E-state index in [-0.39, 0.29) is 43.0 Å². The van der Waals surface area contributed by atoms with Gasteiger partial charge in [0, 0.05) is 38.0 Å². The van der Waals surface area contributed by atoms with Crippen LogP contribution in [0.3, 0.4) is 0 Å². The van der Waals surface area contributed by atoms with Crippen molar-refractivity contribution in [2.24, 2.45) is 23.7 Å². The summed E-state index contributed by atoms with van der Waals surface area (Å²) in [6, 6.07) is 27.5. The number of aliphatic hydroxyl groups is 1. The van der Waals surface area contributed by atoms with Crippen LogP contribution in [0.2, 0.25) is 0 Å². The summed E-state index contributed by atoms with van der Waals surface area (Å²) in [7, 11) is 0. The van der Waals surface area contributed by atoms with Crippen LogP contribution in [0, 0.1) is 23.7 Å². The fourth-order valence-corrected chi connectivity index (χ4v) is 7.29. The summed E-state index contributed by atoms with van der Waals surface area (Å²) >= 11 is 0. The Morgan fingerprint density at radius 2 is 1.10 bits per heavy atom. The van der Waals surface area contributed by atoms with E-state index in [0.29, 0.717) is 44.6 Å². The largest absolute Gasteiger partial charge is 0.455 e. The molecule has 2 saturated heterocycles. The van der Waals surface area contributed by atoms with Crippen molar-refractivity contribution >= 4 is 18.2 Å². The minimum Gasteiger partial charge on any atom is -0.455 e. The first-order chi connectivity index (χ1) is 23.3. The second-order valence-electron chi connectivity index (χ2n) is 13.0.